The number of aromatic nitrogens is 2. The minimum Gasteiger partial charge on any atom is -0.462 e. The van der Waals surface area contributed by atoms with Crippen molar-refractivity contribution in [3.63, 3.8) is 0 Å². The van der Waals surface area contributed by atoms with Crippen molar-refractivity contribution in [3.05, 3.63) is 123 Å². The number of nitrogens with one attached hydrogen (secondary N) is 1. The Morgan fingerprint density at radius 3 is 1.73 bits per heavy atom. The lowest BCUT2D eigenvalue weighted by Crippen LogP contribution is -2.32. The van der Waals surface area contributed by atoms with Crippen LogP contribution in [-0.4, -0.2) is 40.0 Å². The molecule has 0 spiro atoms. The summed E-state index contributed by atoms with van der Waals surface area (Å²) in [6.07, 6.45) is 9.52. The second-order valence-electron chi connectivity index (χ2n) is 9.69. The normalized spacial score (nSPS) is 13.5. The molecule has 0 fully saturated rings. The number of pyridine rings is 2. The number of nitro groups is 1. The molecule has 1 aromatic carbocycles. The van der Waals surface area contributed by atoms with Gasteiger partial charge < -0.3 is 14.8 Å². The van der Waals surface area contributed by atoms with E-state index >= 15 is 0 Å². The van der Waals surface area contributed by atoms with Gasteiger partial charge in [-0.2, -0.15) is 0 Å². The van der Waals surface area contributed by atoms with Crippen molar-refractivity contribution in [1.29, 1.82) is 0 Å². The first-order valence-electron chi connectivity index (χ1n) is 13.4. The summed E-state index contributed by atoms with van der Waals surface area (Å²) in [6, 6.07) is 13.4. The van der Waals surface area contributed by atoms with E-state index in [9.17, 15) is 19.7 Å². The highest BCUT2D eigenvalue weighted by Gasteiger charge is 2.38. The molecule has 1 aliphatic heterocycles. The number of aryl methyl sites for hydroxylation is 2. The summed E-state index contributed by atoms with van der Waals surface area (Å²) >= 11 is 0. The summed E-state index contributed by atoms with van der Waals surface area (Å²) in [6.45, 7) is 3.83. The lowest BCUT2D eigenvalue weighted by molar-refractivity contribution is -0.384. The Morgan fingerprint density at radius 1 is 0.829 bits per heavy atom. The van der Waals surface area contributed by atoms with Crippen LogP contribution in [0, 0.1) is 10.1 Å². The van der Waals surface area contributed by atoms with Crippen LogP contribution in [0.25, 0.3) is 0 Å². The highest BCUT2D eigenvalue weighted by molar-refractivity contribution is 5.99. The minimum absolute atomic E-state index is 0.0943. The zero-order valence-electron chi connectivity index (χ0n) is 23.0. The molecule has 0 saturated carbocycles. The van der Waals surface area contributed by atoms with Gasteiger partial charge in [0, 0.05) is 48.3 Å². The maximum atomic E-state index is 13.4. The van der Waals surface area contributed by atoms with E-state index in [0.717, 1.165) is 11.1 Å². The fourth-order valence-corrected chi connectivity index (χ4v) is 4.79. The molecule has 3 heterocycles. The summed E-state index contributed by atoms with van der Waals surface area (Å²) in [5.74, 6) is -1.97. The first-order chi connectivity index (χ1) is 19.8. The van der Waals surface area contributed by atoms with Gasteiger partial charge in [-0.3, -0.25) is 20.1 Å². The van der Waals surface area contributed by atoms with Gasteiger partial charge in [0.15, 0.2) is 0 Å². The standard InChI is InChI=1S/C31H32N4O6/c1-21-27(30(36)40-17-5-9-23-7-3-15-32-19-23)29(25-11-13-26(14-12-25)35(38)39)28(22(2)34-21)31(37)41-18-6-10-24-8-4-16-33-20-24/h3-4,7-8,11-16,19-20,29,34H,5-6,9-10,17-18H2,1-2H3. The van der Waals surface area contributed by atoms with Gasteiger partial charge in [-0.05, 0) is 68.4 Å². The summed E-state index contributed by atoms with van der Waals surface area (Å²) in [5.41, 5.74) is 4.11. The fraction of sp³-hybridized carbons (Fsp3) is 0.290. The molecule has 0 atom stereocenters. The van der Waals surface area contributed by atoms with Gasteiger partial charge in [0.1, 0.15) is 0 Å². The zero-order chi connectivity index (χ0) is 29.2. The second-order valence-corrected chi connectivity index (χ2v) is 9.69. The number of nitrogens with zero attached hydrogens (tertiary/aromatic N) is 3. The van der Waals surface area contributed by atoms with Crippen LogP contribution in [0.1, 0.15) is 49.3 Å². The molecule has 0 aliphatic carbocycles. The number of esters is 2. The van der Waals surface area contributed by atoms with Gasteiger partial charge in [-0.15, -0.1) is 0 Å². The minimum atomic E-state index is -0.825. The molecule has 0 unspecified atom stereocenters. The van der Waals surface area contributed by atoms with Crippen molar-refractivity contribution < 1.29 is 24.0 Å². The van der Waals surface area contributed by atoms with Crippen LogP contribution in [0.2, 0.25) is 0 Å². The van der Waals surface area contributed by atoms with Gasteiger partial charge in [0.05, 0.1) is 35.2 Å². The van der Waals surface area contributed by atoms with Crippen molar-refractivity contribution in [2.75, 3.05) is 13.2 Å². The Morgan fingerprint density at radius 2 is 1.32 bits per heavy atom. The third kappa shape index (κ3) is 7.63. The number of allylic oxidation sites excluding steroid dienone is 2. The predicted molar refractivity (Wildman–Crippen MR) is 151 cm³/mol. The zero-order valence-corrected chi connectivity index (χ0v) is 23.0. The molecule has 0 saturated heterocycles. The number of dihydropyridines is 1. The van der Waals surface area contributed by atoms with Gasteiger partial charge in [-0.25, -0.2) is 9.59 Å². The number of hydrogen-bond donors (Lipinski definition) is 1. The molecule has 1 aliphatic rings. The molecule has 41 heavy (non-hydrogen) atoms. The number of benzene rings is 1. The van der Waals surface area contributed by atoms with Crippen LogP contribution in [-0.2, 0) is 31.9 Å². The summed E-state index contributed by atoms with van der Waals surface area (Å²) < 4.78 is 11.3. The Bertz CT molecular complexity index is 1350. The Hall–Kier alpha value is -4.86. The highest BCUT2D eigenvalue weighted by atomic mass is 16.6. The molecule has 4 rings (SSSR count). The van der Waals surface area contributed by atoms with Crippen molar-refractivity contribution >= 4 is 17.6 Å². The lowest BCUT2D eigenvalue weighted by Gasteiger charge is -2.30. The van der Waals surface area contributed by atoms with E-state index in [1.807, 2.05) is 24.3 Å². The van der Waals surface area contributed by atoms with Crippen molar-refractivity contribution in [3.8, 4) is 0 Å². The molecular formula is C31H32N4O6. The number of non-ortho nitro benzene ring substituents is 1. The average molecular weight is 557 g/mol. The molecule has 0 radical (unpaired) electrons. The first kappa shape index (κ1) is 29.1. The summed E-state index contributed by atoms with van der Waals surface area (Å²) in [4.78, 5) is 45.9. The van der Waals surface area contributed by atoms with Crippen molar-refractivity contribution in [2.45, 2.75) is 45.4 Å². The number of ether oxygens (including phenoxy) is 2. The molecule has 0 amide bonds. The first-order valence-corrected chi connectivity index (χ1v) is 13.4. The SMILES string of the molecule is CC1=C(C(=O)OCCCc2cccnc2)C(c2ccc([N+](=O)[O-])cc2)C(C(=O)OCCCc2cccnc2)=C(C)N1. The molecule has 10 heteroatoms. The molecular weight excluding hydrogens is 524 g/mol. The third-order valence-corrected chi connectivity index (χ3v) is 6.77. The predicted octanol–water partition coefficient (Wildman–Crippen LogP) is 4.97. The number of hydrogen-bond acceptors (Lipinski definition) is 9. The quantitative estimate of drug-likeness (QED) is 0.142. The van der Waals surface area contributed by atoms with E-state index in [1.54, 1.807) is 50.8 Å². The van der Waals surface area contributed by atoms with Crippen molar-refractivity contribution in [2.24, 2.45) is 0 Å². The molecule has 10 nitrogen and oxygen atoms in total. The van der Waals surface area contributed by atoms with Crippen LogP contribution in [0.4, 0.5) is 5.69 Å². The van der Waals surface area contributed by atoms with E-state index < -0.39 is 22.8 Å². The van der Waals surface area contributed by atoms with E-state index in [-0.39, 0.29) is 30.0 Å². The topological polar surface area (TPSA) is 134 Å². The average Bonchev–Trinajstić information content (AvgIpc) is 2.98. The van der Waals surface area contributed by atoms with E-state index in [4.69, 9.17) is 9.47 Å². The molecule has 1 N–H and O–H groups in total. The number of carbonyl (C=O) groups excluding carboxylic acids is 2. The summed E-state index contributed by atoms with van der Waals surface area (Å²) in [7, 11) is 0. The van der Waals surface area contributed by atoms with Gasteiger partial charge in [0.25, 0.3) is 5.69 Å². The second kappa shape index (κ2) is 14.0. The summed E-state index contributed by atoms with van der Waals surface area (Å²) in [5, 5.41) is 14.4. The van der Waals surface area contributed by atoms with E-state index in [2.05, 4.69) is 15.3 Å². The van der Waals surface area contributed by atoms with Crippen LogP contribution < -0.4 is 5.32 Å². The number of carbonyl (C=O) groups is 2. The number of rotatable bonds is 12. The Balaban J connectivity index is 1.52. The van der Waals surface area contributed by atoms with Crippen LogP contribution >= 0.6 is 0 Å². The van der Waals surface area contributed by atoms with Gasteiger partial charge in [-0.1, -0.05) is 24.3 Å². The molecule has 2 aromatic heterocycles. The molecule has 212 valence electrons. The lowest BCUT2D eigenvalue weighted by atomic mass is 9.80. The van der Waals surface area contributed by atoms with E-state index in [1.165, 1.54) is 12.1 Å². The fourth-order valence-electron chi connectivity index (χ4n) is 4.79. The van der Waals surface area contributed by atoms with E-state index in [0.29, 0.717) is 42.6 Å². The number of nitro benzene ring substituents is 1. The highest BCUT2D eigenvalue weighted by Crippen LogP contribution is 2.39. The van der Waals surface area contributed by atoms with Crippen LogP contribution in [0.15, 0.2) is 95.9 Å². The maximum Gasteiger partial charge on any atom is 0.336 e. The van der Waals surface area contributed by atoms with Crippen LogP contribution in [0.5, 0.6) is 0 Å². The van der Waals surface area contributed by atoms with Crippen LogP contribution in [0.3, 0.4) is 0 Å². The third-order valence-electron chi connectivity index (χ3n) is 6.77. The largest absolute Gasteiger partial charge is 0.462 e. The monoisotopic (exact) mass is 556 g/mol. The smallest absolute Gasteiger partial charge is 0.336 e. The van der Waals surface area contributed by atoms with Crippen molar-refractivity contribution in [1.82, 2.24) is 15.3 Å². The van der Waals surface area contributed by atoms with Gasteiger partial charge in [0.2, 0.25) is 0 Å². The molecule has 3 aromatic rings. The molecule has 0 bridgehead atoms. The van der Waals surface area contributed by atoms with Gasteiger partial charge >= 0.3 is 11.9 Å². The Labute approximate surface area is 238 Å². The maximum absolute atomic E-state index is 13.4. The Kier molecular flexibility index (Phi) is 9.93.